The molecule has 2 heterocycles. The minimum absolute atomic E-state index is 0.0888. The number of pyridine rings is 1. The van der Waals surface area contributed by atoms with Gasteiger partial charge in [-0.2, -0.15) is 0 Å². The number of carbonyl (C=O) groups excluding carboxylic acids is 2. The van der Waals surface area contributed by atoms with Crippen molar-refractivity contribution in [3.63, 3.8) is 0 Å². The fraction of sp³-hybridized carbons (Fsp3) is 0.208. The van der Waals surface area contributed by atoms with Crippen LogP contribution < -0.4 is 15.0 Å². The molecule has 0 saturated carbocycles. The third-order valence-electron chi connectivity index (χ3n) is 5.42. The van der Waals surface area contributed by atoms with Gasteiger partial charge in [0, 0.05) is 59.4 Å². The predicted molar refractivity (Wildman–Crippen MR) is 132 cm³/mol. The number of halogens is 2. The summed E-state index contributed by atoms with van der Waals surface area (Å²) in [5, 5.41) is 3.38. The Labute approximate surface area is 205 Å². The summed E-state index contributed by atoms with van der Waals surface area (Å²) in [6.07, 6.45) is 3.15. The molecule has 0 radical (unpaired) electrons. The molecule has 4 rings (SSSR count). The molecule has 1 N–H and O–H groups in total. The van der Waals surface area contributed by atoms with E-state index < -0.39 is 0 Å². The summed E-state index contributed by atoms with van der Waals surface area (Å²) in [6, 6.07) is 14.4. The molecule has 1 aromatic heterocycles. The molecule has 3 aromatic rings. The third-order valence-corrected chi connectivity index (χ3v) is 6.08. The highest BCUT2D eigenvalue weighted by Crippen LogP contribution is 2.26. The lowest BCUT2D eigenvalue weighted by Gasteiger charge is -2.36. The number of nitrogens with one attached hydrogen (secondary N) is 1. The topological polar surface area (TPSA) is 74.8 Å². The zero-order chi connectivity index (χ0) is 23.4. The van der Waals surface area contributed by atoms with Gasteiger partial charge in [0.05, 0.1) is 18.2 Å². The van der Waals surface area contributed by atoms with E-state index >= 15 is 0 Å². The van der Waals surface area contributed by atoms with Crippen LogP contribution in [0.15, 0.2) is 65.4 Å². The third kappa shape index (κ3) is 5.46. The maximum absolute atomic E-state index is 13.0. The van der Waals surface area contributed by atoms with Crippen molar-refractivity contribution in [3.8, 4) is 5.75 Å². The summed E-state index contributed by atoms with van der Waals surface area (Å²) < 4.78 is 6.07. The fourth-order valence-corrected chi connectivity index (χ4v) is 4.22. The van der Waals surface area contributed by atoms with Crippen LogP contribution in [0.3, 0.4) is 0 Å². The molecular formula is C24H22BrClN4O3. The van der Waals surface area contributed by atoms with Gasteiger partial charge in [-0.3, -0.25) is 14.6 Å². The van der Waals surface area contributed by atoms with Crippen LogP contribution >= 0.6 is 27.5 Å². The van der Waals surface area contributed by atoms with Crippen molar-refractivity contribution in [3.05, 3.63) is 81.5 Å². The summed E-state index contributed by atoms with van der Waals surface area (Å²) in [6.45, 7) is 2.57. The quantitative estimate of drug-likeness (QED) is 0.518. The van der Waals surface area contributed by atoms with Gasteiger partial charge >= 0.3 is 0 Å². The summed E-state index contributed by atoms with van der Waals surface area (Å²) >= 11 is 9.40. The van der Waals surface area contributed by atoms with Crippen LogP contribution in [0.2, 0.25) is 5.02 Å². The Morgan fingerprint density at radius 1 is 1.03 bits per heavy atom. The smallest absolute Gasteiger partial charge is 0.257 e. The highest BCUT2D eigenvalue weighted by atomic mass is 79.9. The van der Waals surface area contributed by atoms with Crippen molar-refractivity contribution >= 4 is 50.7 Å². The summed E-state index contributed by atoms with van der Waals surface area (Å²) in [5.74, 6) is 0.206. The van der Waals surface area contributed by atoms with Gasteiger partial charge in [0.1, 0.15) is 5.75 Å². The summed E-state index contributed by atoms with van der Waals surface area (Å²) in [7, 11) is 1.54. The van der Waals surface area contributed by atoms with E-state index in [1.165, 1.54) is 6.20 Å². The first kappa shape index (κ1) is 23.1. The minimum atomic E-state index is -0.222. The number of methoxy groups -OCH3 is 1. The minimum Gasteiger partial charge on any atom is -0.496 e. The normalized spacial score (nSPS) is 13.5. The molecule has 9 heteroatoms. The number of hydrogen-bond donors (Lipinski definition) is 1. The van der Waals surface area contributed by atoms with E-state index in [1.54, 1.807) is 37.6 Å². The number of carbonyl (C=O) groups is 2. The molecule has 1 fully saturated rings. The zero-order valence-electron chi connectivity index (χ0n) is 17.9. The fourth-order valence-electron chi connectivity index (χ4n) is 3.68. The number of rotatable bonds is 5. The second-order valence-corrected chi connectivity index (χ2v) is 8.87. The van der Waals surface area contributed by atoms with E-state index in [2.05, 4.69) is 31.1 Å². The molecule has 0 bridgehead atoms. The van der Waals surface area contributed by atoms with Crippen LogP contribution in [0.1, 0.15) is 20.7 Å². The van der Waals surface area contributed by atoms with Crippen molar-refractivity contribution in [2.75, 3.05) is 43.5 Å². The Bertz CT molecular complexity index is 1160. The zero-order valence-corrected chi connectivity index (χ0v) is 20.3. The Morgan fingerprint density at radius 2 is 1.76 bits per heavy atom. The van der Waals surface area contributed by atoms with Crippen LogP contribution in [-0.2, 0) is 0 Å². The van der Waals surface area contributed by atoms with Crippen molar-refractivity contribution in [1.82, 2.24) is 9.88 Å². The Balaban J connectivity index is 1.36. The number of ether oxygens (including phenoxy) is 1. The molecule has 7 nitrogen and oxygen atoms in total. The number of hydrogen-bond acceptors (Lipinski definition) is 5. The highest BCUT2D eigenvalue weighted by molar-refractivity contribution is 9.10. The van der Waals surface area contributed by atoms with Gasteiger partial charge in [-0.25, -0.2) is 0 Å². The first-order valence-corrected chi connectivity index (χ1v) is 11.5. The summed E-state index contributed by atoms with van der Waals surface area (Å²) in [5.41, 5.74) is 2.68. The number of piperazine rings is 1. The largest absolute Gasteiger partial charge is 0.496 e. The highest BCUT2D eigenvalue weighted by Gasteiger charge is 2.24. The van der Waals surface area contributed by atoms with Crippen molar-refractivity contribution in [2.45, 2.75) is 0 Å². The maximum atomic E-state index is 13.0. The molecule has 1 aliphatic rings. The van der Waals surface area contributed by atoms with E-state index in [0.29, 0.717) is 53.8 Å². The van der Waals surface area contributed by atoms with Gasteiger partial charge < -0.3 is 19.9 Å². The van der Waals surface area contributed by atoms with E-state index in [1.807, 2.05) is 29.2 Å². The van der Waals surface area contributed by atoms with E-state index in [9.17, 15) is 9.59 Å². The summed E-state index contributed by atoms with van der Waals surface area (Å²) in [4.78, 5) is 33.4. The van der Waals surface area contributed by atoms with Crippen molar-refractivity contribution in [2.24, 2.45) is 0 Å². The molecule has 1 saturated heterocycles. The van der Waals surface area contributed by atoms with Gasteiger partial charge in [-0.15, -0.1) is 0 Å². The molecular weight excluding hydrogens is 508 g/mol. The van der Waals surface area contributed by atoms with Crippen LogP contribution in [0.5, 0.6) is 5.75 Å². The number of aromatic nitrogens is 1. The lowest BCUT2D eigenvalue weighted by molar-refractivity contribution is 0.0743. The number of nitrogens with zero attached hydrogens (tertiary/aromatic N) is 3. The lowest BCUT2D eigenvalue weighted by Crippen LogP contribution is -2.48. The van der Waals surface area contributed by atoms with E-state index in [-0.39, 0.29) is 11.8 Å². The monoisotopic (exact) mass is 528 g/mol. The van der Waals surface area contributed by atoms with Crippen molar-refractivity contribution < 1.29 is 14.3 Å². The first-order valence-electron chi connectivity index (χ1n) is 10.3. The maximum Gasteiger partial charge on any atom is 0.257 e. The molecule has 33 heavy (non-hydrogen) atoms. The standard InChI is InChI=1S/C24H22BrClN4O3/c1-33-22-7-2-18(26)13-21(22)24(32)30-10-8-29(9-11-30)20-5-3-19(4-6-20)28-23(31)16-12-17(25)15-27-14-16/h2-7,12-15H,8-11H2,1H3,(H,28,31). The average Bonchev–Trinajstić information content (AvgIpc) is 2.84. The van der Waals surface area contributed by atoms with Gasteiger partial charge in [0.2, 0.25) is 0 Å². The lowest BCUT2D eigenvalue weighted by atomic mass is 10.1. The number of anilines is 2. The van der Waals surface area contributed by atoms with Gasteiger partial charge in [0.25, 0.3) is 11.8 Å². The van der Waals surface area contributed by atoms with Gasteiger partial charge in [-0.05, 0) is 64.5 Å². The van der Waals surface area contributed by atoms with Crippen LogP contribution in [-0.4, -0.2) is 55.0 Å². The van der Waals surface area contributed by atoms with Crippen LogP contribution in [0, 0.1) is 0 Å². The number of amides is 2. The van der Waals surface area contributed by atoms with E-state index in [4.69, 9.17) is 16.3 Å². The number of benzene rings is 2. The second-order valence-electron chi connectivity index (χ2n) is 7.52. The Kier molecular flexibility index (Phi) is 7.15. The van der Waals surface area contributed by atoms with Crippen molar-refractivity contribution in [1.29, 1.82) is 0 Å². The molecule has 2 aromatic carbocycles. The Hall–Kier alpha value is -3.10. The molecule has 0 unspecified atom stereocenters. The Morgan fingerprint density at radius 3 is 2.42 bits per heavy atom. The average molecular weight is 530 g/mol. The SMILES string of the molecule is COc1ccc(Cl)cc1C(=O)N1CCN(c2ccc(NC(=O)c3cncc(Br)c3)cc2)CC1. The molecule has 0 spiro atoms. The van der Waals surface area contributed by atoms with Crippen LogP contribution in [0.4, 0.5) is 11.4 Å². The molecule has 0 atom stereocenters. The molecule has 1 aliphatic heterocycles. The van der Waals surface area contributed by atoms with Gasteiger partial charge in [0.15, 0.2) is 0 Å². The second kappa shape index (κ2) is 10.2. The van der Waals surface area contributed by atoms with E-state index in [0.717, 1.165) is 10.2 Å². The first-order chi connectivity index (χ1) is 15.9. The van der Waals surface area contributed by atoms with Gasteiger partial charge in [-0.1, -0.05) is 11.6 Å². The van der Waals surface area contributed by atoms with Crippen LogP contribution in [0.25, 0.3) is 0 Å². The predicted octanol–water partition coefficient (Wildman–Crippen LogP) is 4.72. The molecule has 170 valence electrons. The molecule has 0 aliphatic carbocycles. The molecule has 2 amide bonds.